The highest BCUT2D eigenvalue weighted by Gasteiger charge is 2.29. The lowest BCUT2D eigenvalue weighted by molar-refractivity contribution is 0.0710. The maximum Gasteiger partial charge on any atom is 0.346 e. The number of hydrogen-bond donors (Lipinski definition) is 0. The molecule has 198 valence electrons. The number of nitrogens with zero attached hydrogens (tertiary/aromatic N) is 5. The molecule has 0 bridgehead atoms. The van der Waals surface area contributed by atoms with Gasteiger partial charge < -0.3 is 4.90 Å². The Bertz CT molecular complexity index is 1370. The monoisotopic (exact) mass is 525 g/mol. The number of sulfonamides is 1. The van der Waals surface area contributed by atoms with Crippen LogP contribution in [0.3, 0.4) is 0 Å². The first-order valence-electron chi connectivity index (χ1n) is 12.9. The Morgan fingerprint density at radius 2 is 1.59 bits per heavy atom. The highest BCUT2D eigenvalue weighted by Crippen LogP contribution is 2.27. The fourth-order valence-electron chi connectivity index (χ4n) is 4.92. The van der Waals surface area contributed by atoms with E-state index in [1.165, 1.54) is 21.1 Å². The van der Waals surface area contributed by atoms with E-state index in [-0.39, 0.29) is 22.4 Å². The first-order chi connectivity index (χ1) is 17.8. The van der Waals surface area contributed by atoms with Crippen LogP contribution in [0, 0.1) is 0 Å². The zero-order chi connectivity index (χ0) is 26.6. The van der Waals surface area contributed by atoms with Crippen molar-refractivity contribution in [3.8, 4) is 0 Å². The van der Waals surface area contributed by atoms with E-state index < -0.39 is 10.0 Å². The molecule has 37 heavy (non-hydrogen) atoms. The molecule has 2 aromatic carbocycles. The number of piperidine rings is 1. The molecule has 1 aromatic heterocycles. The summed E-state index contributed by atoms with van der Waals surface area (Å²) in [6.45, 7) is 8.41. The van der Waals surface area contributed by atoms with Gasteiger partial charge in [-0.1, -0.05) is 44.2 Å². The molecule has 0 N–H and O–H groups in total. The Morgan fingerprint density at radius 3 is 2.16 bits per heavy atom. The smallest absolute Gasteiger partial charge is 0.339 e. The zero-order valence-corrected chi connectivity index (χ0v) is 22.5. The van der Waals surface area contributed by atoms with E-state index in [9.17, 15) is 18.0 Å². The molecule has 9 nitrogen and oxygen atoms in total. The third kappa shape index (κ3) is 5.55. The SMILES string of the molecule is CCN(CC)S(=O)(=O)c1ccc(C(=O)N2CCC(c3nn(Cc4ccccc4)c(=O)n3CC)CC2)cc1. The van der Waals surface area contributed by atoms with Crippen molar-refractivity contribution in [2.24, 2.45) is 0 Å². The van der Waals surface area contributed by atoms with E-state index in [0.717, 1.165) is 11.4 Å². The molecule has 0 aliphatic carbocycles. The van der Waals surface area contributed by atoms with Gasteiger partial charge in [0.25, 0.3) is 5.91 Å². The van der Waals surface area contributed by atoms with Crippen LogP contribution in [0.5, 0.6) is 0 Å². The van der Waals surface area contributed by atoms with Crippen molar-refractivity contribution in [2.45, 2.75) is 57.5 Å². The largest absolute Gasteiger partial charge is 0.346 e. The molecule has 0 spiro atoms. The molecular formula is C27H35N5O4S. The summed E-state index contributed by atoms with van der Waals surface area (Å²) < 4.78 is 30.1. The van der Waals surface area contributed by atoms with Gasteiger partial charge >= 0.3 is 5.69 Å². The number of carbonyl (C=O) groups excluding carboxylic acids is 1. The number of likely N-dealkylation sites (tertiary alicyclic amines) is 1. The molecule has 1 aliphatic heterocycles. The van der Waals surface area contributed by atoms with Crippen LogP contribution in [-0.4, -0.2) is 64.1 Å². The minimum Gasteiger partial charge on any atom is -0.339 e. The molecule has 1 amide bonds. The van der Waals surface area contributed by atoms with E-state index in [4.69, 9.17) is 5.10 Å². The molecule has 1 saturated heterocycles. The minimum absolute atomic E-state index is 0.0929. The molecule has 1 fully saturated rings. The second-order valence-corrected chi connectivity index (χ2v) is 11.1. The van der Waals surface area contributed by atoms with Gasteiger partial charge in [-0.05, 0) is 49.6 Å². The molecular weight excluding hydrogens is 490 g/mol. The van der Waals surface area contributed by atoms with Gasteiger partial charge in [0.2, 0.25) is 10.0 Å². The molecule has 0 atom stereocenters. The van der Waals surface area contributed by atoms with Crippen LogP contribution in [0.4, 0.5) is 0 Å². The van der Waals surface area contributed by atoms with Gasteiger partial charge in [-0.25, -0.2) is 17.9 Å². The number of benzene rings is 2. The highest BCUT2D eigenvalue weighted by molar-refractivity contribution is 7.89. The Kier molecular flexibility index (Phi) is 8.29. The van der Waals surface area contributed by atoms with Crippen LogP contribution in [-0.2, 0) is 23.1 Å². The Morgan fingerprint density at radius 1 is 0.973 bits per heavy atom. The summed E-state index contributed by atoms with van der Waals surface area (Å²) in [5.74, 6) is 0.754. The predicted molar refractivity (Wildman–Crippen MR) is 142 cm³/mol. The quantitative estimate of drug-likeness (QED) is 0.428. The first-order valence-corrected chi connectivity index (χ1v) is 14.3. The summed E-state index contributed by atoms with van der Waals surface area (Å²) in [4.78, 5) is 28.1. The second-order valence-electron chi connectivity index (χ2n) is 9.21. The maximum atomic E-state index is 13.1. The molecule has 10 heteroatoms. The van der Waals surface area contributed by atoms with Crippen LogP contribution < -0.4 is 5.69 Å². The van der Waals surface area contributed by atoms with Gasteiger partial charge in [0.1, 0.15) is 5.82 Å². The van der Waals surface area contributed by atoms with Crippen molar-refractivity contribution >= 4 is 15.9 Å². The summed E-state index contributed by atoms with van der Waals surface area (Å²) in [7, 11) is -3.56. The normalized spacial score (nSPS) is 14.9. The summed E-state index contributed by atoms with van der Waals surface area (Å²) in [5.41, 5.74) is 1.38. The molecule has 4 rings (SSSR count). The van der Waals surface area contributed by atoms with E-state index in [1.54, 1.807) is 35.4 Å². The Hall–Kier alpha value is -3.24. The first kappa shape index (κ1) is 26.8. The number of hydrogen-bond acceptors (Lipinski definition) is 5. The second kappa shape index (κ2) is 11.4. The van der Waals surface area contributed by atoms with Crippen LogP contribution in [0.2, 0.25) is 0 Å². The zero-order valence-electron chi connectivity index (χ0n) is 21.7. The van der Waals surface area contributed by atoms with Crippen molar-refractivity contribution in [3.63, 3.8) is 0 Å². The molecule has 3 aromatic rings. The standard InChI is InChI=1S/C27H35N5O4S/c1-4-30(5-2)37(35,36)24-14-12-23(13-15-24)26(33)29-18-16-22(17-19-29)25-28-32(27(34)31(25)6-3)20-21-10-8-7-9-11-21/h7-15,22H,4-6,16-20H2,1-3H3. The average Bonchev–Trinajstić information content (AvgIpc) is 3.24. The van der Waals surface area contributed by atoms with Gasteiger partial charge in [0.05, 0.1) is 11.4 Å². The molecule has 2 heterocycles. The minimum atomic E-state index is -3.56. The van der Waals surface area contributed by atoms with E-state index >= 15 is 0 Å². The number of amides is 1. The van der Waals surface area contributed by atoms with E-state index in [0.29, 0.717) is 57.7 Å². The third-order valence-electron chi connectivity index (χ3n) is 7.03. The lowest BCUT2D eigenvalue weighted by Crippen LogP contribution is -2.38. The van der Waals surface area contributed by atoms with E-state index in [2.05, 4.69) is 0 Å². The average molecular weight is 526 g/mol. The lowest BCUT2D eigenvalue weighted by atomic mass is 9.95. The number of aromatic nitrogens is 3. The molecule has 0 saturated carbocycles. The Labute approximate surface area is 218 Å². The van der Waals surface area contributed by atoms with Crippen LogP contribution in [0.15, 0.2) is 64.3 Å². The van der Waals surface area contributed by atoms with Crippen molar-refractivity contribution < 1.29 is 13.2 Å². The van der Waals surface area contributed by atoms with Crippen molar-refractivity contribution in [3.05, 3.63) is 82.0 Å². The molecule has 1 aliphatic rings. The van der Waals surface area contributed by atoms with Crippen molar-refractivity contribution in [1.29, 1.82) is 0 Å². The number of rotatable bonds is 9. The lowest BCUT2D eigenvalue weighted by Gasteiger charge is -2.31. The van der Waals surface area contributed by atoms with Crippen LogP contribution in [0.1, 0.15) is 61.3 Å². The third-order valence-corrected chi connectivity index (χ3v) is 9.10. The van der Waals surface area contributed by atoms with Crippen LogP contribution in [0.25, 0.3) is 0 Å². The van der Waals surface area contributed by atoms with Gasteiger partial charge in [-0.2, -0.15) is 9.40 Å². The number of carbonyl (C=O) groups is 1. The maximum absolute atomic E-state index is 13.1. The van der Waals surface area contributed by atoms with Gasteiger partial charge in [-0.15, -0.1) is 0 Å². The van der Waals surface area contributed by atoms with Crippen molar-refractivity contribution in [1.82, 2.24) is 23.6 Å². The fourth-order valence-corrected chi connectivity index (χ4v) is 6.38. The summed E-state index contributed by atoms with van der Waals surface area (Å²) >= 11 is 0. The molecule has 0 radical (unpaired) electrons. The highest BCUT2D eigenvalue weighted by atomic mass is 32.2. The van der Waals surface area contributed by atoms with Gasteiger partial charge in [0.15, 0.2) is 0 Å². The van der Waals surface area contributed by atoms with Gasteiger partial charge in [-0.3, -0.25) is 9.36 Å². The Balaban J connectivity index is 1.43. The van der Waals surface area contributed by atoms with Crippen molar-refractivity contribution in [2.75, 3.05) is 26.2 Å². The summed E-state index contributed by atoms with van der Waals surface area (Å²) in [5, 5.41) is 4.69. The van der Waals surface area contributed by atoms with Crippen LogP contribution >= 0.6 is 0 Å². The summed E-state index contributed by atoms with van der Waals surface area (Å²) in [6.07, 6.45) is 1.42. The molecule has 0 unspecified atom stereocenters. The predicted octanol–water partition coefficient (Wildman–Crippen LogP) is 3.16. The topological polar surface area (TPSA) is 97.5 Å². The van der Waals surface area contributed by atoms with E-state index in [1.807, 2.05) is 37.3 Å². The fraction of sp³-hybridized carbons (Fsp3) is 0.444. The van der Waals surface area contributed by atoms with Gasteiger partial charge in [0, 0.05) is 44.2 Å². The summed E-state index contributed by atoms with van der Waals surface area (Å²) in [6, 6.07) is 16.0.